The number of rotatable bonds is 3. The Labute approximate surface area is 209 Å². The first-order valence-corrected chi connectivity index (χ1v) is 13.1. The molecule has 10 nitrogen and oxygen atoms in total. The number of amides is 1. The summed E-state index contributed by atoms with van der Waals surface area (Å²) < 4.78 is 47.9. The van der Waals surface area contributed by atoms with Gasteiger partial charge in [-0.15, -0.1) is 0 Å². The van der Waals surface area contributed by atoms with Crippen LogP contribution in [0.15, 0.2) is 53.9 Å². The normalized spacial score (nSPS) is 18.7. The number of ether oxygens (including phenoxy) is 3. The Bertz CT molecular complexity index is 1390. The number of benzene rings is 2. The molecule has 4 heterocycles. The fraction of sp³-hybridized carbons (Fsp3) is 0.360. The third-order valence-electron chi connectivity index (χ3n) is 6.31. The predicted octanol–water partition coefficient (Wildman–Crippen LogP) is 2.04. The van der Waals surface area contributed by atoms with Crippen molar-refractivity contribution in [3.8, 4) is 17.2 Å². The molecule has 36 heavy (non-hydrogen) atoms. The summed E-state index contributed by atoms with van der Waals surface area (Å²) in [7, 11) is -0.668. The molecule has 3 aliphatic rings. The van der Waals surface area contributed by atoms with E-state index in [2.05, 4.69) is 10.3 Å². The molecule has 0 aliphatic carbocycles. The molecule has 0 fully saturated rings. The second-order valence-electron chi connectivity index (χ2n) is 8.76. The van der Waals surface area contributed by atoms with Crippen LogP contribution < -0.4 is 19.5 Å². The number of aromatic nitrogens is 2. The van der Waals surface area contributed by atoms with E-state index in [1.165, 1.54) is 23.9 Å². The summed E-state index contributed by atoms with van der Waals surface area (Å²) in [5, 5.41) is 2.81. The van der Waals surface area contributed by atoms with E-state index in [0.29, 0.717) is 43.2 Å². The van der Waals surface area contributed by atoms with Crippen LogP contribution in [-0.2, 0) is 28.3 Å². The summed E-state index contributed by atoms with van der Waals surface area (Å²) in [6.07, 6.45) is 4.05. The number of hydrogen-bond donors (Lipinski definition) is 1. The summed E-state index contributed by atoms with van der Waals surface area (Å²) in [5.41, 5.74) is 2.46. The minimum atomic E-state index is -3.92. The average molecular weight is 513 g/mol. The Kier molecular flexibility index (Phi) is 6.59. The molecule has 1 amide bonds. The van der Waals surface area contributed by atoms with E-state index in [-0.39, 0.29) is 24.1 Å². The molecule has 3 aliphatic heterocycles. The van der Waals surface area contributed by atoms with Crippen molar-refractivity contribution < 1.29 is 27.4 Å². The summed E-state index contributed by atoms with van der Waals surface area (Å²) in [5.74, 6) is 1.24. The van der Waals surface area contributed by atoms with E-state index < -0.39 is 16.1 Å². The van der Waals surface area contributed by atoms with Crippen LogP contribution in [0.3, 0.4) is 0 Å². The first-order chi connectivity index (χ1) is 17.4. The highest BCUT2D eigenvalue weighted by Gasteiger charge is 2.39. The number of nitrogens with one attached hydrogen (secondary N) is 1. The van der Waals surface area contributed by atoms with Crippen molar-refractivity contribution in [2.24, 2.45) is 7.05 Å². The number of nitrogens with zero attached hydrogens (tertiary/aromatic N) is 3. The van der Waals surface area contributed by atoms with Gasteiger partial charge in [0.1, 0.15) is 5.75 Å². The highest BCUT2D eigenvalue weighted by atomic mass is 32.2. The number of carbonyl (C=O) groups excluding carboxylic acids is 1. The van der Waals surface area contributed by atoms with Crippen LogP contribution in [0.1, 0.15) is 29.2 Å². The van der Waals surface area contributed by atoms with E-state index in [4.69, 9.17) is 14.2 Å². The Morgan fingerprint density at radius 2 is 2.06 bits per heavy atom. The highest BCUT2D eigenvalue weighted by molar-refractivity contribution is 7.89. The molecule has 11 heteroatoms. The second-order valence-corrected chi connectivity index (χ2v) is 10.6. The molecule has 2 aromatic carbocycles. The molecule has 0 saturated heterocycles. The molecule has 6 rings (SSSR count). The van der Waals surface area contributed by atoms with Crippen LogP contribution in [0, 0.1) is 0 Å². The van der Waals surface area contributed by atoms with Crippen molar-refractivity contribution in [2.75, 3.05) is 33.4 Å². The molecule has 1 unspecified atom stereocenters. The largest absolute Gasteiger partial charge is 0.494 e. The van der Waals surface area contributed by atoms with Crippen molar-refractivity contribution in [3.05, 3.63) is 65.6 Å². The molecule has 6 bridgehead atoms. The SMILES string of the molecule is COc1cc2c3cc1OCC(=O)NCCCOc1cccc(c1)C2N(S(=O)(=O)c1cn(C)cn1)CC3. The van der Waals surface area contributed by atoms with E-state index in [1.54, 1.807) is 17.7 Å². The molecule has 1 atom stereocenters. The lowest BCUT2D eigenvalue weighted by molar-refractivity contribution is -0.123. The van der Waals surface area contributed by atoms with Gasteiger partial charge in [0.25, 0.3) is 15.9 Å². The Balaban J connectivity index is 1.67. The summed E-state index contributed by atoms with van der Waals surface area (Å²) in [6, 6.07) is 10.4. The lowest BCUT2D eigenvalue weighted by atomic mass is 9.89. The Hall–Kier alpha value is -3.57. The van der Waals surface area contributed by atoms with Gasteiger partial charge in [0.15, 0.2) is 23.1 Å². The van der Waals surface area contributed by atoms with Gasteiger partial charge >= 0.3 is 0 Å². The predicted molar refractivity (Wildman–Crippen MR) is 131 cm³/mol. The molecule has 0 saturated carbocycles. The molecule has 0 spiro atoms. The zero-order valence-electron chi connectivity index (χ0n) is 20.1. The maximum absolute atomic E-state index is 13.8. The minimum Gasteiger partial charge on any atom is -0.494 e. The number of methoxy groups -OCH3 is 1. The number of hydrogen-bond acceptors (Lipinski definition) is 7. The zero-order chi connectivity index (χ0) is 25.3. The topological polar surface area (TPSA) is 112 Å². The monoisotopic (exact) mass is 512 g/mol. The maximum Gasteiger partial charge on any atom is 0.262 e. The van der Waals surface area contributed by atoms with Crippen molar-refractivity contribution in [2.45, 2.75) is 23.9 Å². The Morgan fingerprint density at radius 3 is 2.83 bits per heavy atom. The van der Waals surface area contributed by atoms with Gasteiger partial charge in [-0.25, -0.2) is 13.4 Å². The van der Waals surface area contributed by atoms with Crippen LogP contribution in [0.4, 0.5) is 0 Å². The molecular formula is C25H28N4O6S. The van der Waals surface area contributed by atoms with E-state index in [0.717, 1.165) is 16.7 Å². The lowest BCUT2D eigenvalue weighted by Crippen LogP contribution is -2.40. The van der Waals surface area contributed by atoms with Gasteiger partial charge < -0.3 is 24.1 Å². The van der Waals surface area contributed by atoms with Crippen LogP contribution in [0.2, 0.25) is 0 Å². The smallest absolute Gasteiger partial charge is 0.262 e. The van der Waals surface area contributed by atoms with Gasteiger partial charge in [-0.1, -0.05) is 12.1 Å². The van der Waals surface area contributed by atoms with Gasteiger partial charge in [-0.05, 0) is 53.8 Å². The molecular weight excluding hydrogens is 484 g/mol. The van der Waals surface area contributed by atoms with E-state index >= 15 is 0 Å². The van der Waals surface area contributed by atoms with Crippen LogP contribution >= 0.6 is 0 Å². The maximum atomic E-state index is 13.8. The van der Waals surface area contributed by atoms with Crippen molar-refractivity contribution in [1.29, 1.82) is 0 Å². The first kappa shape index (κ1) is 24.1. The van der Waals surface area contributed by atoms with Crippen molar-refractivity contribution in [3.63, 3.8) is 0 Å². The van der Waals surface area contributed by atoms with Crippen LogP contribution in [-0.4, -0.2) is 61.6 Å². The van der Waals surface area contributed by atoms with Gasteiger partial charge in [0, 0.05) is 26.3 Å². The highest BCUT2D eigenvalue weighted by Crippen LogP contribution is 2.43. The fourth-order valence-corrected chi connectivity index (χ4v) is 6.15. The third kappa shape index (κ3) is 4.63. The van der Waals surface area contributed by atoms with Gasteiger partial charge in [0.2, 0.25) is 0 Å². The standard InChI is InChI=1S/C25H28N4O6S/c1-28-14-24(27-16-28)36(31,32)29-9-7-17-12-22-21(33-2)13-20(17)25(29)18-5-3-6-19(11-18)34-10-4-8-26-23(30)15-35-22/h3,5-6,11-14,16,25H,4,7-10,15H2,1-2H3,(H,26,30). The van der Waals surface area contributed by atoms with Gasteiger partial charge in [-0.3, -0.25) is 4.79 Å². The van der Waals surface area contributed by atoms with Crippen LogP contribution in [0.5, 0.6) is 17.2 Å². The van der Waals surface area contributed by atoms with Crippen molar-refractivity contribution >= 4 is 15.9 Å². The average Bonchev–Trinajstić information content (AvgIpc) is 3.32. The summed E-state index contributed by atoms with van der Waals surface area (Å²) in [4.78, 5) is 16.4. The number of sulfonamides is 1. The molecule has 1 aromatic heterocycles. The quantitative estimate of drug-likeness (QED) is 0.572. The molecule has 0 radical (unpaired) electrons. The number of fused-ring (bicyclic) bond motifs is 8. The van der Waals surface area contributed by atoms with E-state index in [9.17, 15) is 13.2 Å². The summed E-state index contributed by atoms with van der Waals surface area (Å²) >= 11 is 0. The lowest BCUT2D eigenvalue weighted by Gasteiger charge is -2.36. The van der Waals surface area contributed by atoms with Crippen molar-refractivity contribution in [1.82, 2.24) is 19.2 Å². The zero-order valence-corrected chi connectivity index (χ0v) is 21.0. The fourth-order valence-electron chi connectivity index (χ4n) is 4.58. The number of imidazole rings is 1. The molecule has 3 aromatic rings. The third-order valence-corrected chi connectivity index (χ3v) is 8.06. The Morgan fingerprint density at radius 1 is 1.19 bits per heavy atom. The van der Waals surface area contributed by atoms with Gasteiger partial charge in [-0.2, -0.15) is 4.31 Å². The second kappa shape index (κ2) is 9.82. The number of carbonyl (C=O) groups is 1. The summed E-state index contributed by atoms with van der Waals surface area (Å²) in [6.45, 7) is 0.937. The first-order valence-electron chi connectivity index (χ1n) is 11.7. The minimum absolute atomic E-state index is 0.00840. The van der Waals surface area contributed by atoms with Crippen LogP contribution in [0.25, 0.3) is 0 Å². The number of aryl methyl sites for hydroxylation is 1. The van der Waals surface area contributed by atoms with Gasteiger partial charge in [0.05, 0.1) is 26.1 Å². The van der Waals surface area contributed by atoms with E-state index in [1.807, 2.05) is 30.3 Å². The molecule has 1 N–H and O–H groups in total. The molecule has 190 valence electrons.